The summed E-state index contributed by atoms with van der Waals surface area (Å²) in [4.78, 5) is 12.4. The molecule has 0 radical (unpaired) electrons. The molecule has 1 heterocycles. The number of carbonyl (C=O) groups is 1. The first kappa shape index (κ1) is 18.7. The molecule has 1 aromatic heterocycles. The van der Waals surface area contributed by atoms with Crippen LogP contribution in [0, 0.1) is 12.8 Å². The van der Waals surface area contributed by atoms with Gasteiger partial charge < -0.3 is 15.5 Å². The van der Waals surface area contributed by atoms with Crippen LogP contribution in [0.2, 0.25) is 0 Å². The van der Waals surface area contributed by atoms with Crippen LogP contribution in [0.15, 0.2) is 15.6 Å². The summed E-state index contributed by atoms with van der Waals surface area (Å²) in [6, 6.07) is 1.25. The second kappa shape index (κ2) is 6.39. The summed E-state index contributed by atoms with van der Waals surface area (Å²) in [7, 11) is -0.916. The number of hydrogen-bond acceptors (Lipinski definition) is 5. The zero-order chi connectivity index (χ0) is 17.3. The average molecular weight is 331 g/mol. The van der Waals surface area contributed by atoms with Gasteiger partial charge in [-0.15, -0.1) is 0 Å². The number of carbonyl (C=O) groups excluding carboxylic acids is 1. The fraction of sp³-hybridized carbons (Fsp3) is 0.643. The van der Waals surface area contributed by atoms with Crippen molar-refractivity contribution >= 4 is 15.9 Å². The molecule has 1 rings (SSSR count). The van der Waals surface area contributed by atoms with Crippen molar-refractivity contribution in [1.82, 2.24) is 9.62 Å². The Labute approximate surface area is 131 Å². The van der Waals surface area contributed by atoms with Crippen molar-refractivity contribution < 1.29 is 17.6 Å². The molecule has 0 aliphatic rings. The minimum Gasteiger partial charge on any atom is -0.448 e. The highest BCUT2D eigenvalue weighted by molar-refractivity contribution is 7.88. The number of furan rings is 1. The second-order valence-corrected chi connectivity index (χ2v) is 8.14. The number of nitrogens with one attached hydrogen (secondary N) is 1. The molecule has 0 fully saturated rings. The van der Waals surface area contributed by atoms with Crippen molar-refractivity contribution in [3.05, 3.63) is 17.4 Å². The third-order valence-electron chi connectivity index (χ3n) is 3.97. The molecule has 0 bridgehead atoms. The summed E-state index contributed by atoms with van der Waals surface area (Å²) < 4.78 is 30.4. The molecule has 0 aromatic carbocycles. The molecule has 1 atom stereocenters. The molecule has 7 nitrogen and oxygen atoms in total. The van der Waals surface area contributed by atoms with E-state index in [1.807, 2.05) is 20.8 Å². The van der Waals surface area contributed by atoms with E-state index in [9.17, 15) is 13.2 Å². The van der Waals surface area contributed by atoms with E-state index in [4.69, 9.17) is 10.2 Å². The largest absolute Gasteiger partial charge is 0.448 e. The molecule has 3 N–H and O–H groups in total. The highest BCUT2D eigenvalue weighted by Crippen LogP contribution is 2.23. The summed E-state index contributed by atoms with van der Waals surface area (Å²) in [5, 5.41) is 2.61. The van der Waals surface area contributed by atoms with E-state index in [1.54, 1.807) is 6.92 Å². The van der Waals surface area contributed by atoms with Gasteiger partial charge in [0.2, 0.25) is 5.09 Å². The van der Waals surface area contributed by atoms with E-state index in [2.05, 4.69) is 5.32 Å². The van der Waals surface area contributed by atoms with Crippen molar-refractivity contribution in [2.24, 2.45) is 11.7 Å². The lowest BCUT2D eigenvalue weighted by Crippen LogP contribution is -2.55. The minimum absolute atomic E-state index is 0.124. The number of aryl methyl sites for hydroxylation is 1. The molecule has 1 aromatic rings. The zero-order valence-electron chi connectivity index (χ0n) is 13.9. The molecular formula is C14H25N3O4S. The Morgan fingerprint density at radius 3 is 2.41 bits per heavy atom. The molecule has 1 unspecified atom stereocenters. The highest BCUT2D eigenvalue weighted by atomic mass is 32.2. The monoisotopic (exact) mass is 331 g/mol. The van der Waals surface area contributed by atoms with Gasteiger partial charge in [0.05, 0.1) is 11.1 Å². The van der Waals surface area contributed by atoms with Gasteiger partial charge in [0, 0.05) is 26.7 Å². The highest BCUT2D eigenvalue weighted by Gasteiger charge is 2.31. The topological polar surface area (TPSA) is 106 Å². The van der Waals surface area contributed by atoms with Crippen LogP contribution in [0.25, 0.3) is 0 Å². The van der Waals surface area contributed by atoms with Crippen molar-refractivity contribution in [3.63, 3.8) is 0 Å². The molecule has 1 amide bonds. The van der Waals surface area contributed by atoms with Gasteiger partial charge in [0.1, 0.15) is 5.76 Å². The SMILES string of the molecule is Cc1oc(S(=O)(=O)N(C)C)cc1C(=O)NC(C)(CN)C(C)C. The lowest BCUT2D eigenvalue weighted by Gasteiger charge is -2.33. The quantitative estimate of drug-likeness (QED) is 0.807. The van der Waals surface area contributed by atoms with E-state index in [1.165, 1.54) is 20.2 Å². The molecule has 0 saturated heterocycles. The summed E-state index contributed by atoms with van der Waals surface area (Å²) in [6.07, 6.45) is 0. The fourth-order valence-corrected chi connectivity index (χ4v) is 2.60. The van der Waals surface area contributed by atoms with Crippen molar-refractivity contribution in [3.8, 4) is 0 Å². The minimum atomic E-state index is -3.72. The van der Waals surface area contributed by atoms with Gasteiger partial charge >= 0.3 is 0 Å². The lowest BCUT2D eigenvalue weighted by atomic mass is 9.88. The van der Waals surface area contributed by atoms with E-state index in [0.29, 0.717) is 0 Å². The Bertz CT molecular complexity index is 649. The molecule has 0 saturated carbocycles. The molecule has 126 valence electrons. The Morgan fingerprint density at radius 2 is 2.00 bits per heavy atom. The van der Waals surface area contributed by atoms with E-state index in [-0.39, 0.29) is 28.9 Å². The summed E-state index contributed by atoms with van der Waals surface area (Å²) >= 11 is 0. The van der Waals surface area contributed by atoms with Crippen LogP contribution in [0.5, 0.6) is 0 Å². The van der Waals surface area contributed by atoms with Gasteiger partial charge in [-0.3, -0.25) is 4.79 Å². The maximum atomic E-state index is 12.4. The first-order valence-electron chi connectivity index (χ1n) is 7.01. The summed E-state index contributed by atoms with van der Waals surface area (Å²) in [6.45, 7) is 7.59. The predicted molar refractivity (Wildman–Crippen MR) is 84.1 cm³/mol. The smallest absolute Gasteiger partial charge is 0.275 e. The Balaban J connectivity index is 3.14. The van der Waals surface area contributed by atoms with E-state index in [0.717, 1.165) is 4.31 Å². The van der Waals surface area contributed by atoms with Crippen LogP contribution in [-0.4, -0.2) is 44.8 Å². The van der Waals surface area contributed by atoms with Crippen molar-refractivity contribution in [2.45, 2.75) is 38.3 Å². The maximum absolute atomic E-state index is 12.4. The standard InChI is InChI=1S/C14H25N3O4S/c1-9(2)14(4,8-15)16-13(18)11-7-12(21-10(11)3)22(19,20)17(5)6/h7,9H,8,15H2,1-6H3,(H,16,18). The molecule has 8 heteroatoms. The van der Waals surface area contributed by atoms with E-state index >= 15 is 0 Å². The average Bonchev–Trinajstić information content (AvgIpc) is 2.80. The number of hydrogen-bond donors (Lipinski definition) is 2. The Morgan fingerprint density at radius 1 is 1.45 bits per heavy atom. The van der Waals surface area contributed by atoms with Crippen LogP contribution in [0.3, 0.4) is 0 Å². The third kappa shape index (κ3) is 3.50. The van der Waals surface area contributed by atoms with Crippen molar-refractivity contribution in [2.75, 3.05) is 20.6 Å². The molecule has 0 aliphatic carbocycles. The van der Waals surface area contributed by atoms with E-state index < -0.39 is 21.5 Å². The van der Waals surface area contributed by atoms with Crippen LogP contribution >= 0.6 is 0 Å². The van der Waals surface area contributed by atoms with Gasteiger partial charge in [-0.25, -0.2) is 12.7 Å². The summed E-state index contributed by atoms with van der Waals surface area (Å²) in [5.41, 5.74) is 5.36. The van der Waals surface area contributed by atoms with Gasteiger partial charge in [0.15, 0.2) is 0 Å². The zero-order valence-corrected chi connectivity index (χ0v) is 14.7. The Kier molecular flexibility index (Phi) is 5.42. The number of rotatable bonds is 6. The molecular weight excluding hydrogens is 306 g/mol. The fourth-order valence-electron chi connectivity index (χ4n) is 1.75. The molecule has 0 aliphatic heterocycles. The van der Waals surface area contributed by atoms with Crippen LogP contribution < -0.4 is 11.1 Å². The van der Waals surface area contributed by atoms with Crippen LogP contribution in [0.1, 0.15) is 36.9 Å². The van der Waals surface area contributed by atoms with Gasteiger partial charge in [0.25, 0.3) is 15.9 Å². The number of nitrogens with zero attached hydrogens (tertiary/aromatic N) is 1. The van der Waals surface area contributed by atoms with Crippen molar-refractivity contribution in [1.29, 1.82) is 0 Å². The third-order valence-corrected chi connectivity index (χ3v) is 5.64. The second-order valence-electron chi connectivity index (χ2n) is 6.05. The number of nitrogens with two attached hydrogens (primary N) is 1. The maximum Gasteiger partial charge on any atom is 0.275 e. The first-order chi connectivity index (χ1) is 9.95. The number of sulfonamides is 1. The molecule has 22 heavy (non-hydrogen) atoms. The van der Waals surface area contributed by atoms with Gasteiger partial charge in [-0.1, -0.05) is 13.8 Å². The Hall–Kier alpha value is -1.38. The lowest BCUT2D eigenvalue weighted by molar-refractivity contribution is 0.0881. The molecule has 0 spiro atoms. The van der Waals surface area contributed by atoms with Gasteiger partial charge in [-0.2, -0.15) is 0 Å². The summed E-state index contributed by atoms with van der Waals surface area (Å²) in [5.74, 6) is -0.0252. The first-order valence-corrected chi connectivity index (χ1v) is 8.45. The van der Waals surface area contributed by atoms with Gasteiger partial charge in [-0.05, 0) is 19.8 Å². The normalized spacial score (nSPS) is 15.1. The van der Waals surface area contributed by atoms with Crippen LogP contribution in [-0.2, 0) is 10.0 Å². The predicted octanol–water partition coefficient (Wildman–Crippen LogP) is 0.942. The van der Waals surface area contributed by atoms with Crippen LogP contribution in [0.4, 0.5) is 0 Å². The number of amides is 1.